The summed E-state index contributed by atoms with van der Waals surface area (Å²) in [6, 6.07) is 11.1. The van der Waals surface area contributed by atoms with Crippen LogP contribution in [-0.2, 0) is 10.2 Å². The number of thiophene rings is 1. The van der Waals surface area contributed by atoms with Gasteiger partial charge in [-0.25, -0.2) is 0 Å². The van der Waals surface area contributed by atoms with Crippen LogP contribution in [0.25, 0.3) is 0 Å². The number of amides is 2. The predicted molar refractivity (Wildman–Crippen MR) is 95.2 cm³/mol. The molecule has 6 heteroatoms. The Morgan fingerprint density at radius 2 is 1.75 bits per heavy atom. The van der Waals surface area contributed by atoms with Gasteiger partial charge >= 0.3 is 0 Å². The quantitative estimate of drug-likeness (QED) is 0.835. The van der Waals surface area contributed by atoms with Crippen LogP contribution in [0, 0.1) is 0 Å². The fourth-order valence-corrected chi connectivity index (χ4v) is 2.60. The van der Waals surface area contributed by atoms with E-state index in [1.165, 1.54) is 16.9 Å². The Balaban J connectivity index is 1.86. The van der Waals surface area contributed by atoms with Crippen LogP contribution in [0.4, 0.5) is 0 Å². The summed E-state index contributed by atoms with van der Waals surface area (Å²) in [6.07, 6.45) is -0.728. The van der Waals surface area contributed by atoms with E-state index in [4.69, 9.17) is 4.74 Å². The van der Waals surface area contributed by atoms with E-state index in [2.05, 4.69) is 31.6 Å². The standard InChI is InChI=1S/C18H22N2O3S/c1-12(16(21)19-20-17(22)15-6-5-11-24-15)23-14-9-7-13(8-10-14)18(2,3)4/h5-12H,1-4H3,(H,19,21)(H,20,22)/t12-/m1/s1. The smallest absolute Gasteiger partial charge is 0.279 e. The molecule has 128 valence electrons. The number of benzene rings is 1. The Labute approximate surface area is 146 Å². The van der Waals surface area contributed by atoms with Crippen LogP contribution in [0.15, 0.2) is 41.8 Å². The predicted octanol–water partition coefficient (Wildman–Crippen LogP) is 3.27. The molecule has 1 aromatic carbocycles. The summed E-state index contributed by atoms with van der Waals surface area (Å²) in [5, 5.41) is 1.80. The second-order valence-electron chi connectivity index (χ2n) is 6.46. The maximum Gasteiger partial charge on any atom is 0.279 e. The monoisotopic (exact) mass is 346 g/mol. The zero-order valence-electron chi connectivity index (χ0n) is 14.3. The van der Waals surface area contributed by atoms with Gasteiger partial charge in [0.15, 0.2) is 6.10 Å². The molecule has 0 unspecified atom stereocenters. The normalized spacial score (nSPS) is 12.3. The minimum Gasteiger partial charge on any atom is -0.481 e. The summed E-state index contributed by atoms with van der Waals surface area (Å²) in [7, 11) is 0. The molecule has 5 nitrogen and oxygen atoms in total. The van der Waals surface area contributed by atoms with Crippen molar-refractivity contribution in [1.29, 1.82) is 0 Å². The maximum atomic E-state index is 12.0. The molecule has 0 radical (unpaired) electrons. The van der Waals surface area contributed by atoms with E-state index in [1.54, 1.807) is 24.4 Å². The second-order valence-corrected chi connectivity index (χ2v) is 7.40. The van der Waals surface area contributed by atoms with Gasteiger partial charge in [0.2, 0.25) is 0 Å². The topological polar surface area (TPSA) is 67.4 Å². The largest absolute Gasteiger partial charge is 0.481 e. The van der Waals surface area contributed by atoms with E-state index in [-0.39, 0.29) is 11.3 Å². The lowest BCUT2D eigenvalue weighted by atomic mass is 9.87. The molecule has 0 saturated heterocycles. The molecule has 0 aliphatic rings. The van der Waals surface area contributed by atoms with Gasteiger partial charge in [-0.2, -0.15) is 0 Å². The van der Waals surface area contributed by atoms with Crippen molar-refractivity contribution in [3.05, 3.63) is 52.2 Å². The number of hydrazine groups is 1. The number of carbonyl (C=O) groups excluding carboxylic acids is 2. The van der Waals surface area contributed by atoms with Crippen molar-refractivity contribution < 1.29 is 14.3 Å². The third-order valence-corrected chi connectivity index (χ3v) is 4.32. The third kappa shape index (κ3) is 4.83. The summed E-state index contributed by atoms with van der Waals surface area (Å²) in [5.74, 6) is -0.157. The third-order valence-electron chi connectivity index (χ3n) is 3.45. The Hall–Kier alpha value is -2.34. The molecule has 1 heterocycles. The van der Waals surface area contributed by atoms with Gasteiger partial charge < -0.3 is 4.74 Å². The Morgan fingerprint density at radius 1 is 1.08 bits per heavy atom. The number of nitrogens with one attached hydrogen (secondary N) is 2. The van der Waals surface area contributed by atoms with Crippen LogP contribution in [0.1, 0.15) is 42.9 Å². The summed E-state index contributed by atoms with van der Waals surface area (Å²) in [6.45, 7) is 8.03. The molecule has 2 N–H and O–H groups in total. The van der Waals surface area contributed by atoms with Crippen LogP contribution < -0.4 is 15.6 Å². The molecule has 0 saturated carbocycles. The highest BCUT2D eigenvalue weighted by molar-refractivity contribution is 7.12. The fourth-order valence-electron chi connectivity index (χ4n) is 1.98. The average molecular weight is 346 g/mol. The van der Waals surface area contributed by atoms with E-state index in [1.807, 2.05) is 24.3 Å². The summed E-state index contributed by atoms with van der Waals surface area (Å²) < 4.78 is 5.61. The van der Waals surface area contributed by atoms with Gasteiger partial charge in [-0.15, -0.1) is 11.3 Å². The zero-order chi connectivity index (χ0) is 17.7. The van der Waals surface area contributed by atoms with Crippen molar-refractivity contribution in [1.82, 2.24) is 10.9 Å². The zero-order valence-corrected chi connectivity index (χ0v) is 15.1. The van der Waals surface area contributed by atoms with Crippen LogP contribution >= 0.6 is 11.3 Å². The Bertz CT molecular complexity index is 688. The summed E-state index contributed by atoms with van der Waals surface area (Å²) in [5.41, 5.74) is 6.00. The van der Waals surface area contributed by atoms with E-state index in [0.717, 1.165) is 0 Å². The van der Waals surface area contributed by atoms with Crippen LogP contribution in [-0.4, -0.2) is 17.9 Å². The van der Waals surface area contributed by atoms with Crippen LogP contribution in [0.2, 0.25) is 0 Å². The number of hydrogen-bond donors (Lipinski definition) is 2. The molecular weight excluding hydrogens is 324 g/mol. The number of rotatable bonds is 4. The maximum absolute atomic E-state index is 12.0. The molecule has 1 atom stereocenters. The molecule has 2 rings (SSSR count). The average Bonchev–Trinajstić information content (AvgIpc) is 3.06. The van der Waals surface area contributed by atoms with Gasteiger partial charge in [-0.1, -0.05) is 39.0 Å². The first-order chi connectivity index (χ1) is 11.3. The van der Waals surface area contributed by atoms with E-state index >= 15 is 0 Å². The fraction of sp³-hybridized carbons (Fsp3) is 0.333. The van der Waals surface area contributed by atoms with Gasteiger partial charge in [0.25, 0.3) is 11.8 Å². The molecule has 0 aliphatic carbocycles. The first kappa shape index (κ1) is 18.0. The Morgan fingerprint density at radius 3 is 2.29 bits per heavy atom. The minimum absolute atomic E-state index is 0.0631. The first-order valence-electron chi connectivity index (χ1n) is 7.68. The lowest BCUT2D eigenvalue weighted by molar-refractivity contribution is -0.128. The molecule has 2 aromatic rings. The SMILES string of the molecule is C[C@@H](Oc1ccc(C(C)(C)C)cc1)C(=O)NNC(=O)c1cccs1. The molecule has 0 aliphatic heterocycles. The highest BCUT2D eigenvalue weighted by atomic mass is 32.1. The summed E-state index contributed by atoms with van der Waals surface area (Å²) in [4.78, 5) is 24.3. The van der Waals surface area contributed by atoms with Gasteiger partial charge in [0, 0.05) is 0 Å². The molecule has 2 amide bonds. The van der Waals surface area contributed by atoms with Gasteiger partial charge in [0.05, 0.1) is 4.88 Å². The van der Waals surface area contributed by atoms with Crippen molar-refractivity contribution in [2.45, 2.75) is 39.2 Å². The number of hydrogen-bond acceptors (Lipinski definition) is 4. The van der Waals surface area contributed by atoms with E-state index < -0.39 is 12.0 Å². The first-order valence-corrected chi connectivity index (χ1v) is 8.56. The highest BCUT2D eigenvalue weighted by Crippen LogP contribution is 2.24. The number of carbonyl (C=O) groups is 2. The van der Waals surface area contributed by atoms with Crippen LogP contribution in [0.5, 0.6) is 5.75 Å². The van der Waals surface area contributed by atoms with Crippen molar-refractivity contribution in [3.8, 4) is 5.75 Å². The molecular formula is C18H22N2O3S. The van der Waals surface area contributed by atoms with Gasteiger partial charge in [-0.05, 0) is 41.5 Å². The van der Waals surface area contributed by atoms with E-state index in [9.17, 15) is 9.59 Å². The van der Waals surface area contributed by atoms with Gasteiger partial charge in [-0.3, -0.25) is 20.4 Å². The van der Waals surface area contributed by atoms with Crippen molar-refractivity contribution in [3.63, 3.8) is 0 Å². The minimum atomic E-state index is -0.728. The van der Waals surface area contributed by atoms with Crippen LogP contribution in [0.3, 0.4) is 0 Å². The summed E-state index contributed by atoms with van der Waals surface area (Å²) >= 11 is 1.30. The molecule has 24 heavy (non-hydrogen) atoms. The highest BCUT2D eigenvalue weighted by Gasteiger charge is 2.17. The van der Waals surface area contributed by atoms with Crippen molar-refractivity contribution in [2.24, 2.45) is 0 Å². The van der Waals surface area contributed by atoms with Crippen molar-refractivity contribution >= 4 is 23.2 Å². The molecule has 1 aromatic heterocycles. The van der Waals surface area contributed by atoms with Gasteiger partial charge in [0.1, 0.15) is 5.75 Å². The lowest BCUT2D eigenvalue weighted by Crippen LogP contribution is -2.47. The Kier molecular flexibility index (Phi) is 5.62. The molecule has 0 fully saturated rings. The van der Waals surface area contributed by atoms with E-state index in [0.29, 0.717) is 10.6 Å². The molecule has 0 spiro atoms. The second kappa shape index (κ2) is 7.49. The number of ether oxygens (including phenoxy) is 1. The lowest BCUT2D eigenvalue weighted by Gasteiger charge is -2.20. The van der Waals surface area contributed by atoms with Crippen molar-refractivity contribution in [2.75, 3.05) is 0 Å². The molecule has 0 bridgehead atoms.